The topological polar surface area (TPSA) is 163 Å². The quantitative estimate of drug-likeness (QED) is 0.204. The van der Waals surface area contributed by atoms with Crippen LogP contribution in [0.4, 0.5) is 0 Å². The van der Waals surface area contributed by atoms with Crippen LogP contribution in [0.1, 0.15) is 12.8 Å². The van der Waals surface area contributed by atoms with Crippen LogP contribution in [-0.4, -0.2) is 29.6 Å². The van der Waals surface area contributed by atoms with Gasteiger partial charge in [0.2, 0.25) is 0 Å². The second-order valence-electron chi connectivity index (χ2n) is 2.39. The van der Waals surface area contributed by atoms with E-state index < -0.39 is 12.0 Å². The van der Waals surface area contributed by atoms with Crippen LogP contribution >= 0.6 is 0 Å². The summed E-state index contributed by atoms with van der Waals surface area (Å²) in [6, 6.07) is -0.820. The SMILES string of the molecule is N.NC(N)=NCCC[C@H](N)C(=O)O. The van der Waals surface area contributed by atoms with Gasteiger partial charge in [0.1, 0.15) is 6.04 Å². The first-order chi connectivity index (χ1) is 5.54. The van der Waals surface area contributed by atoms with Crippen molar-refractivity contribution in [1.29, 1.82) is 0 Å². The molecule has 0 aromatic rings. The molecule has 7 heteroatoms. The predicted octanol–water partition coefficient (Wildman–Crippen LogP) is -1.39. The molecule has 7 nitrogen and oxygen atoms in total. The van der Waals surface area contributed by atoms with Crippen molar-refractivity contribution in [3.63, 3.8) is 0 Å². The number of nitrogens with two attached hydrogens (primary N) is 3. The van der Waals surface area contributed by atoms with Crippen molar-refractivity contribution in [2.75, 3.05) is 6.54 Å². The number of carbonyl (C=O) groups is 1. The van der Waals surface area contributed by atoms with Gasteiger partial charge in [-0.25, -0.2) is 0 Å². The van der Waals surface area contributed by atoms with Crippen molar-refractivity contribution in [2.24, 2.45) is 22.2 Å². The lowest BCUT2D eigenvalue weighted by Crippen LogP contribution is -2.30. The molecule has 0 aliphatic carbocycles. The first-order valence-electron chi connectivity index (χ1n) is 3.58. The molecular formula is C6H17N5O2. The van der Waals surface area contributed by atoms with Crippen molar-refractivity contribution in [3.8, 4) is 0 Å². The fraction of sp³-hybridized carbons (Fsp3) is 0.667. The summed E-state index contributed by atoms with van der Waals surface area (Å²) in [5.41, 5.74) is 15.3. The molecule has 0 saturated carbocycles. The fourth-order valence-electron chi connectivity index (χ4n) is 0.643. The van der Waals surface area contributed by atoms with Gasteiger partial charge in [-0.05, 0) is 12.8 Å². The maximum absolute atomic E-state index is 10.2. The molecule has 0 rings (SSSR count). The number of rotatable bonds is 5. The molecule has 0 heterocycles. The summed E-state index contributed by atoms with van der Waals surface area (Å²) in [6.45, 7) is 0.420. The van der Waals surface area contributed by atoms with E-state index in [-0.39, 0.29) is 12.1 Å². The van der Waals surface area contributed by atoms with Gasteiger partial charge in [0.05, 0.1) is 0 Å². The minimum atomic E-state index is -1.00. The number of aliphatic imine (C=N–C) groups is 1. The first-order valence-corrected chi connectivity index (χ1v) is 3.58. The third-order valence-electron chi connectivity index (χ3n) is 1.28. The maximum atomic E-state index is 10.2. The van der Waals surface area contributed by atoms with Gasteiger partial charge in [0, 0.05) is 6.54 Å². The number of hydrogen-bond donors (Lipinski definition) is 5. The Balaban J connectivity index is 0. The molecule has 0 aliphatic heterocycles. The summed E-state index contributed by atoms with van der Waals surface area (Å²) >= 11 is 0. The molecule has 10 N–H and O–H groups in total. The molecule has 0 unspecified atom stereocenters. The Hall–Kier alpha value is -1.34. The van der Waals surface area contributed by atoms with Crippen molar-refractivity contribution in [3.05, 3.63) is 0 Å². The predicted molar refractivity (Wildman–Crippen MR) is 50.5 cm³/mol. The summed E-state index contributed by atoms with van der Waals surface area (Å²) in [5.74, 6) is -0.987. The maximum Gasteiger partial charge on any atom is 0.320 e. The molecule has 0 aliphatic rings. The number of hydrogen-bond acceptors (Lipinski definition) is 4. The Morgan fingerprint density at radius 1 is 1.46 bits per heavy atom. The second kappa shape index (κ2) is 7.32. The van der Waals surface area contributed by atoms with Crippen molar-refractivity contribution >= 4 is 11.9 Å². The minimum Gasteiger partial charge on any atom is -0.480 e. The van der Waals surface area contributed by atoms with E-state index in [1.807, 2.05) is 0 Å². The van der Waals surface area contributed by atoms with E-state index in [0.29, 0.717) is 19.4 Å². The van der Waals surface area contributed by atoms with E-state index in [9.17, 15) is 4.79 Å². The summed E-state index contributed by atoms with van der Waals surface area (Å²) in [4.78, 5) is 13.9. The lowest BCUT2D eigenvalue weighted by molar-refractivity contribution is -0.138. The van der Waals surface area contributed by atoms with E-state index in [1.165, 1.54) is 0 Å². The standard InChI is InChI=1S/C6H14N4O2.H3N/c7-4(5(11)12)2-1-3-10-6(8)9;/h4H,1-3,7H2,(H,11,12)(H4,8,9,10);1H3/t4-;/m0./s1. The van der Waals surface area contributed by atoms with E-state index >= 15 is 0 Å². The Bertz CT molecular complexity index is 178. The summed E-state index contributed by atoms with van der Waals surface area (Å²) in [7, 11) is 0. The number of nitrogens with zero attached hydrogens (tertiary/aromatic N) is 1. The van der Waals surface area contributed by atoms with Gasteiger partial charge in [-0.15, -0.1) is 0 Å². The lowest BCUT2D eigenvalue weighted by atomic mass is 10.2. The molecule has 0 aromatic heterocycles. The molecule has 0 aromatic carbocycles. The molecule has 0 radical (unpaired) electrons. The zero-order valence-electron chi connectivity index (χ0n) is 7.44. The van der Waals surface area contributed by atoms with Gasteiger partial charge in [0.15, 0.2) is 5.96 Å². The molecule has 13 heavy (non-hydrogen) atoms. The van der Waals surface area contributed by atoms with Gasteiger partial charge < -0.3 is 28.5 Å². The van der Waals surface area contributed by atoms with Crippen molar-refractivity contribution in [2.45, 2.75) is 18.9 Å². The molecule has 78 valence electrons. The van der Waals surface area contributed by atoms with Crippen LogP contribution < -0.4 is 23.4 Å². The average molecular weight is 191 g/mol. The molecule has 0 spiro atoms. The van der Waals surface area contributed by atoms with Crippen LogP contribution in [0.3, 0.4) is 0 Å². The highest BCUT2D eigenvalue weighted by Gasteiger charge is 2.09. The molecular weight excluding hydrogens is 174 g/mol. The zero-order chi connectivity index (χ0) is 9.56. The summed E-state index contributed by atoms with van der Waals surface area (Å²) in [6.07, 6.45) is 0.956. The first kappa shape index (κ1) is 14.2. The zero-order valence-corrected chi connectivity index (χ0v) is 7.44. The fourth-order valence-corrected chi connectivity index (χ4v) is 0.643. The highest BCUT2D eigenvalue weighted by molar-refractivity contribution is 5.75. The third kappa shape index (κ3) is 8.57. The molecule has 1 atom stereocenters. The Morgan fingerprint density at radius 3 is 2.38 bits per heavy atom. The number of carboxylic acid groups (broad SMARTS) is 1. The normalized spacial score (nSPS) is 11.2. The number of guanidine groups is 1. The van der Waals surface area contributed by atoms with Gasteiger partial charge in [-0.3, -0.25) is 9.79 Å². The lowest BCUT2D eigenvalue weighted by Gasteiger charge is -2.03. The van der Waals surface area contributed by atoms with Crippen LogP contribution in [0.2, 0.25) is 0 Å². The highest BCUT2D eigenvalue weighted by Crippen LogP contribution is 1.94. The molecule has 0 saturated heterocycles. The Morgan fingerprint density at radius 2 is 2.00 bits per heavy atom. The van der Waals surface area contributed by atoms with Crippen molar-refractivity contribution < 1.29 is 9.90 Å². The summed E-state index contributed by atoms with van der Waals surface area (Å²) < 4.78 is 0. The molecule has 0 fully saturated rings. The minimum absolute atomic E-state index is 0. The second-order valence-corrected chi connectivity index (χ2v) is 2.39. The molecule has 0 amide bonds. The van der Waals surface area contributed by atoms with Crippen LogP contribution in [0.5, 0.6) is 0 Å². The van der Waals surface area contributed by atoms with E-state index in [0.717, 1.165) is 0 Å². The highest BCUT2D eigenvalue weighted by atomic mass is 16.4. The van der Waals surface area contributed by atoms with Crippen LogP contribution in [0.25, 0.3) is 0 Å². The number of aliphatic carboxylic acids is 1. The largest absolute Gasteiger partial charge is 0.480 e. The van der Waals surface area contributed by atoms with E-state index in [4.69, 9.17) is 22.3 Å². The summed E-state index contributed by atoms with van der Waals surface area (Å²) in [5, 5.41) is 8.38. The van der Waals surface area contributed by atoms with Crippen LogP contribution in [0.15, 0.2) is 4.99 Å². The average Bonchev–Trinajstić information content (AvgIpc) is 1.97. The van der Waals surface area contributed by atoms with Gasteiger partial charge in [-0.2, -0.15) is 0 Å². The van der Waals surface area contributed by atoms with Gasteiger partial charge in [0.25, 0.3) is 0 Å². The smallest absolute Gasteiger partial charge is 0.320 e. The van der Waals surface area contributed by atoms with Crippen LogP contribution in [0, 0.1) is 0 Å². The monoisotopic (exact) mass is 191 g/mol. The molecule has 0 bridgehead atoms. The Kier molecular flexibility index (Phi) is 7.99. The van der Waals surface area contributed by atoms with Gasteiger partial charge >= 0.3 is 5.97 Å². The number of carboxylic acids is 1. The van der Waals surface area contributed by atoms with E-state index in [2.05, 4.69) is 4.99 Å². The third-order valence-corrected chi connectivity index (χ3v) is 1.28. The Labute approximate surface area is 76.6 Å². The van der Waals surface area contributed by atoms with E-state index in [1.54, 1.807) is 0 Å². The van der Waals surface area contributed by atoms with Crippen molar-refractivity contribution in [1.82, 2.24) is 6.15 Å². The van der Waals surface area contributed by atoms with Crippen LogP contribution in [-0.2, 0) is 4.79 Å². The van der Waals surface area contributed by atoms with Gasteiger partial charge in [-0.1, -0.05) is 0 Å².